The number of benzene rings is 1. The van der Waals surface area contributed by atoms with Crippen LogP contribution in [0.15, 0.2) is 48.7 Å². The molecular weight excluding hydrogens is 220 g/mol. The van der Waals surface area contributed by atoms with Gasteiger partial charge in [-0.25, -0.2) is 4.98 Å². The van der Waals surface area contributed by atoms with Gasteiger partial charge < -0.3 is 5.32 Å². The Bertz CT molecular complexity index is 425. The zero-order valence-electron chi connectivity index (χ0n) is 8.86. The zero-order valence-corrected chi connectivity index (χ0v) is 9.61. The van der Waals surface area contributed by atoms with Crippen molar-refractivity contribution in [1.82, 2.24) is 4.98 Å². The summed E-state index contributed by atoms with van der Waals surface area (Å²) in [5.41, 5.74) is 2.36. The van der Waals surface area contributed by atoms with E-state index < -0.39 is 0 Å². The van der Waals surface area contributed by atoms with E-state index in [1.165, 1.54) is 5.56 Å². The monoisotopic (exact) mass is 232 g/mol. The van der Waals surface area contributed by atoms with E-state index in [4.69, 9.17) is 11.6 Å². The van der Waals surface area contributed by atoms with E-state index in [1.54, 1.807) is 6.20 Å². The topological polar surface area (TPSA) is 24.9 Å². The highest BCUT2D eigenvalue weighted by molar-refractivity contribution is 6.17. The van der Waals surface area contributed by atoms with Gasteiger partial charge in [-0.1, -0.05) is 30.3 Å². The zero-order chi connectivity index (χ0) is 11.2. The molecule has 0 fully saturated rings. The van der Waals surface area contributed by atoms with Gasteiger partial charge in [0, 0.05) is 18.6 Å². The second kappa shape index (κ2) is 5.52. The molecule has 0 saturated heterocycles. The van der Waals surface area contributed by atoms with Crippen LogP contribution in [-0.4, -0.2) is 4.98 Å². The first-order valence-corrected chi connectivity index (χ1v) is 5.70. The first-order valence-electron chi connectivity index (χ1n) is 5.17. The van der Waals surface area contributed by atoms with Gasteiger partial charge in [-0.3, -0.25) is 0 Å². The molecule has 0 bridgehead atoms. The average Bonchev–Trinajstić information content (AvgIpc) is 2.38. The number of anilines is 1. The maximum Gasteiger partial charge on any atom is 0.126 e. The van der Waals surface area contributed by atoms with E-state index >= 15 is 0 Å². The van der Waals surface area contributed by atoms with Crippen molar-refractivity contribution < 1.29 is 0 Å². The van der Waals surface area contributed by atoms with Crippen LogP contribution >= 0.6 is 11.6 Å². The molecule has 0 atom stereocenters. The minimum absolute atomic E-state index is 0.563. The number of hydrogen-bond donors (Lipinski definition) is 1. The Hall–Kier alpha value is -1.54. The van der Waals surface area contributed by atoms with Crippen molar-refractivity contribution in [3.05, 3.63) is 59.8 Å². The van der Waals surface area contributed by atoms with E-state index in [0.717, 1.165) is 17.9 Å². The molecule has 0 amide bonds. The summed E-state index contributed by atoms with van der Waals surface area (Å²) in [5.74, 6) is 1.46. The maximum absolute atomic E-state index is 5.73. The molecule has 0 aliphatic carbocycles. The summed E-state index contributed by atoms with van der Waals surface area (Å²) in [6.45, 7) is 0.777. The fraction of sp³-hybridized carbons (Fsp3) is 0.154. The number of aromatic nitrogens is 1. The third-order valence-corrected chi connectivity index (χ3v) is 2.62. The van der Waals surface area contributed by atoms with Crippen molar-refractivity contribution in [3.8, 4) is 0 Å². The molecular formula is C13H13ClN2. The molecule has 0 radical (unpaired) electrons. The quantitative estimate of drug-likeness (QED) is 0.817. The second-order valence-electron chi connectivity index (χ2n) is 3.52. The van der Waals surface area contributed by atoms with Gasteiger partial charge in [0.25, 0.3) is 0 Å². The number of pyridine rings is 1. The van der Waals surface area contributed by atoms with Crippen LogP contribution in [0.2, 0.25) is 0 Å². The summed E-state index contributed by atoms with van der Waals surface area (Å²) < 4.78 is 0. The molecule has 1 aromatic carbocycles. The van der Waals surface area contributed by atoms with E-state index in [0.29, 0.717) is 5.88 Å². The lowest BCUT2D eigenvalue weighted by molar-refractivity contribution is 1.11. The van der Waals surface area contributed by atoms with Crippen LogP contribution in [0.25, 0.3) is 0 Å². The Morgan fingerprint density at radius 2 is 1.75 bits per heavy atom. The number of alkyl halides is 1. The molecule has 0 aliphatic rings. The summed E-state index contributed by atoms with van der Waals surface area (Å²) in [6, 6.07) is 14.1. The van der Waals surface area contributed by atoms with Crippen molar-refractivity contribution in [3.63, 3.8) is 0 Å². The van der Waals surface area contributed by atoms with Gasteiger partial charge in [0.2, 0.25) is 0 Å². The predicted molar refractivity (Wildman–Crippen MR) is 67.6 cm³/mol. The smallest absolute Gasteiger partial charge is 0.126 e. The maximum atomic E-state index is 5.73. The Morgan fingerprint density at radius 1 is 1.00 bits per heavy atom. The molecule has 16 heavy (non-hydrogen) atoms. The molecule has 1 heterocycles. The second-order valence-corrected chi connectivity index (χ2v) is 3.79. The van der Waals surface area contributed by atoms with Gasteiger partial charge in [-0.15, -0.1) is 11.6 Å². The van der Waals surface area contributed by atoms with Crippen LogP contribution in [0.5, 0.6) is 0 Å². The van der Waals surface area contributed by atoms with E-state index in [9.17, 15) is 0 Å². The van der Waals surface area contributed by atoms with Crippen molar-refractivity contribution in [2.75, 3.05) is 5.32 Å². The lowest BCUT2D eigenvalue weighted by atomic mass is 10.1. The van der Waals surface area contributed by atoms with E-state index in [-0.39, 0.29) is 0 Å². The van der Waals surface area contributed by atoms with E-state index in [1.807, 2.05) is 30.3 Å². The third-order valence-electron chi connectivity index (χ3n) is 2.32. The average molecular weight is 233 g/mol. The standard InChI is InChI=1S/C13H13ClN2/c14-9-11-4-6-12(7-5-11)10-16-13-3-1-2-8-15-13/h1-8H,9-10H2,(H,15,16). The van der Waals surface area contributed by atoms with Crippen LogP contribution in [-0.2, 0) is 12.4 Å². The third kappa shape index (κ3) is 2.97. The number of rotatable bonds is 4. The van der Waals surface area contributed by atoms with Gasteiger partial charge in [0.1, 0.15) is 5.82 Å². The molecule has 0 aliphatic heterocycles. The van der Waals surface area contributed by atoms with Gasteiger partial charge in [0.05, 0.1) is 0 Å². The van der Waals surface area contributed by atoms with Crippen molar-refractivity contribution in [1.29, 1.82) is 0 Å². The molecule has 1 aromatic heterocycles. The van der Waals surface area contributed by atoms with Crippen molar-refractivity contribution in [2.24, 2.45) is 0 Å². The Kier molecular flexibility index (Phi) is 3.78. The van der Waals surface area contributed by atoms with Crippen LogP contribution in [0, 0.1) is 0 Å². The highest BCUT2D eigenvalue weighted by atomic mass is 35.5. The fourth-order valence-corrected chi connectivity index (χ4v) is 1.58. The van der Waals surface area contributed by atoms with Gasteiger partial charge in [-0.2, -0.15) is 0 Å². The minimum Gasteiger partial charge on any atom is -0.366 e. The molecule has 2 nitrogen and oxygen atoms in total. The largest absolute Gasteiger partial charge is 0.366 e. The molecule has 0 unspecified atom stereocenters. The SMILES string of the molecule is ClCc1ccc(CNc2ccccn2)cc1. The minimum atomic E-state index is 0.563. The van der Waals surface area contributed by atoms with Gasteiger partial charge in [0.15, 0.2) is 0 Å². The van der Waals surface area contributed by atoms with Crippen LogP contribution in [0.4, 0.5) is 5.82 Å². The first kappa shape index (κ1) is 11.0. The highest BCUT2D eigenvalue weighted by Gasteiger charge is 1.95. The summed E-state index contributed by atoms with van der Waals surface area (Å²) in [7, 11) is 0. The van der Waals surface area contributed by atoms with Crippen LogP contribution < -0.4 is 5.32 Å². The normalized spacial score (nSPS) is 10.1. The molecule has 0 saturated carbocycles. The summed E-state index contributed by atoms with van der Waals surface area (Å²) in [5, 5.41) is 3.25. The highest BCUT2D eigenvalue weighted by Crippen LogP contribution is 2.09. The number of nitrogens with zero attached hydrogens (tertiary/aromatic N) is 1. The molecule has 2 rings (SSSR count). The fourth-order valence-electron chi connectivity index (χ4n) is 1.41. The summed E-state index contributed by atoms with van der Waals surface area (Å²) in [6.07, 6.45) is 1.78. The van der Waals surface area contributed by atoms with Crippen LogP contribution in [0.3, 0.4) is 0 Å². The Morgan fingerprint density at radius 3 is 2.38 bits per heavy atom. The molecule has 82 valence electrons. The molecule has 2 aromatic rings. The Balaban J connectivity index is 1.94. The summed E-state index contributed by atoms with van der Waals surface area (Å²) in [4.78, 5) is 4.20. The van der Waals surface area contributed by atoms with E-state index in [2.05, 4.69) is 22.4 Å². The predicted octanol–water partition coefficient (Wildman–Crippen LogP) is 3.43. The number of nitrogens with one attached hydrogen (secondary N) is 1. The molecule has 3 heteroatoms. The Labute approximate surface area is 100 Å². The number of hydrogen-bond acceptors (Lipinski definition) is 2. The molecule has 1 N–H and O–H groups in total. The van der Waals surface area contributed by atoms with Crippen molar-refractivity contribution in [2.45, 2.75) is 12.4 Å². The lowest BCUT2D eigenvalue weighted by Crippen LogP contribution is -2.00. The van der Waals surface area contributed by atoms with Gasteiger partial charge >= 0.3 is 0 Å². The number of halogens is 1. The van der Waals surface area contributed by atoms with Gasteiger partial charge in [-0.05, 0) is 23.3 Å². The molecule has 0 spiro atoms. The summed E-state index contributed by atoms with van der Waals surface area (Å²) >= 11 is 5.73. The van der Waals surface area contributed by atoms with Crippen LogP contribution in [0.1, 0.15) is 11.1 Å². The van der Waals surface area contributed by atoms with Crippen molar-refractivity contribution >= 4 is 17.4 Å². The first-order chi connectivity index (χ1) is 7.88. The lowest BCUT2D eigenvalue weighted by Gasteiger charge is -2.05.